The summed E-state index contributed by atoms with van der Waals surface area (Å²) in [5.74, 6) is 0.973. The molecule has 0 saturated carbocycles. The zero-order chi connectivity index (χ0) is 23.1. The van der Waals surface area contributed by atoms with Crippen LogP contribution in [0.3, 0.4) is 0 Å². The van der Waals surface area contributed by atoms with Crippen molar-refractivity contribution >= 4 is 35.9 Å². The Labute approximate surface area is 192 Å². The van der Waals surface area contributed by atoms with E-state index >= 15 is 0 Å². The van der Waals surface area contributed by atoms with Gasteiger partial charge >= 0.3 is 0 Å². The van der Waals surface area contributed by atoms with Crippen molar-refractivity contribution in [3.63, 3.8) is 0 Å². The Morgan fingerprint density at radius 2 is 2.16 bits per heavy atom. The number of allylic oxidation sites excluding steroid dienone is 6. The Kier molecular flexibility index (Phi) is 13.0. The molecule has 1 atom stereocenters. The maximum Gasteiger partial charge on any atom is 0.136 e. The largest absolute Gasteiger partial charge is 0.384 e. The summed E-state index contributed by atoms with van der Waals surface area (Å²) in [5, 5.41) is 4.13. The number of hydrogen-bond acceptors (Lipinski definition) is 4. The van der Waals surface area contributed by atoms with Crippen molar-refractivity contribution in [2.75, 3.05) is 27.3 Å². The average Bonchev–Trinajstić information content (AvgIpc) is 3.16. The molecule has 0 aromatic carbocycles. The Bertz CT molecular complexity index is 855. The van der Waals surface area contributed by atoms with E-state index in [1.807, 2.05) is 44.3 Å². The molecule has 0 spiro atoms. The lowest BCUT2D eigenvalue weighted by molar-refractivity contribution is 0.179. The second-order valence-corrected chi connectivity index (χ2v) is 7.51. The first-order valence-corrected chi connectivity index (χ1v) is 10.7. The van der Waals surface area contributed by atoms with Gasteiger partial charge in [-0.3, -0.25) is 4.99 Å². The number of halogens is 1. The van der Waals surface area contributed by atoms with Gasteiger partial charge < -0.3 is 15.0 Å². The van der Waals surface area contributed by atoms with E-state index < -0.39 is 0 Å². The van der Waals surface area contributed by atoms with E-state index in [9.17, 15) is 0 Å². The molecule has 6 heteroatoms. The standard InChI is InChI=1S/C25H35ClN4O/c1-7-11-23-24(17-30-25(23)28-5)20(18-31-6)13-10-15-22(27-4)16-29-21(8-2)14-9-12-19(3)26/h7-8,10-12,14-15,17,20,29-30H,2,5,9,13,16,18H2,1,3-4,6H3/b11-7-,15-10-,19-12+,21-14?,27-22?. The first kappa shape index (κ1) is 26.4. The molecule has 0 fully saturated rings. The molecule has 0 amide bonds. The summed E-state index contributed by atoms with van der Waals surface area (Å²) < 4.78 is 5.47. The summed E-state index contributed by atoms with van der Waals surface area (Å²) in [6, 6.07) is 0. The predicted octanol–water partition coefficient (Wildman–Crippen LogP) is 6.32. The van der Waals surface area contributed by atoms with Gasteiger partial charge in [0.1, 0.15) is 5.82 Å². The number of nitrogens with one attached hydrogen (secondary N) is 2. The molecule has 1 heterocycles. The van der Waals surface area contributed by atoms with Gasteiger partial charge in [-0.15, -0.1) is 0 Å². The van der Waals surface area contributed by atoms with Gasteiger partial charge in [-0.05, 0) is 51.1 Å². The van der Waals surface area contributed by atoms with Crippen molar-refractivity contribution in [2.24, 2.45) is 9.98 Å². The fraction of sp³-hybridized carbons (Fsp3) is 0.360. The zero-order valence-corrected chi connectivity index (χ0v) is 19.9. The number of nitrogens with zero attached hydrogens (tertiary/aromatic N) is 2. The highest BCUT2D eigenvalue weighted by Crippen LogP contribution is 2.31. The van der Waals surface area contributed by atoms with E-state index in [1.54, 1.807) is 20.2 Å². The molecule has 168 valence electrons. The van der Waals surface area contributed by atoms with Gasteiger partial charge in [0.2, 0.25) is 0 Å². The quantitative estimate of drug-likeness (QED) is 0.261. The van der Waals surface area contributed by atoms with E-state index in [0.29, 0.717) is 13.2 Å². The molecule has 1 aromatic heterocycles. The minimum Gasteiger partial charge on any atom is -0.384 e. The molecule has 0 aliphatic rings. The van der Waals surface area contributed by atoms with Crippen molar-refractivity contribution in [1.29, 1.82) is 0 Å². The van der Waals surface area contributed by atoms with Crippen LogP contribution in [0.4, 0.5) is 5.82 Å². The minimum absolute atomic E-state index is 0.194. The van der Waals surface area contributed by atoms with Crippen LogP contribution in [0.15, 0.2) is 69.9 Å². The van der Waals surface area contributed by atoms with Crippen molar-refractivity contribution in [3.05, 3.63) is 71.1 Å². The molecular weight excluding hydrogens is 408 g/mol. The summed E-state index contributed by atoms with van der Waals surface area (Å²) >= 11 is 5.88. The first-order valence-electron chi connectivity index (χ1n) is 10.3. The molecule has 0 aliphatic carbocycles. The van der Waals surface area contributed by atoms with Gasteiger partial charge in [-0.1, -0.05) is 48.6 Å². The lowest BCUT2D eigenvalue weighted by Crippen LogP contribution is -2.20. The molecule has 31 heavy (non-hydrogen) atoms. The summed E-state index contributed by atoms with van der Waals surface area (Å²) in [6.45, 7) is 12.6. The van der Waals surface area contributed by atoms with Gasteiger partial charge in [0.05, 0.1) is 18.9 Å². The predicted molar refractivity (Wildman–Crippen MR) is 137 cm³/mol. The van der Waals surface area contributed by atoms with Gasteiger partial charge in [0, 0.05) is 42.6 Å². The Morgan fingerprint density at radius 1 is 1.39 bits per heavy atom. The van der Waals surface area contributed by atoms with Crippen LogP contribution in [-0.4, -0.2) is 44.7 Å². The average molecular weight is 443 g/mol. The van der Waals surface area contributed by atoms with E-state index in [0.717, 1.165) is 40.7 Å². The van der Waals surface area contributed by atoms with E-state index in [1.165, 1.54) is 5.56 Å². The van der Waals surface area contributed by atoms with Crippen LogP contribution in [-0.2, 0) is 4.74 Å². The Morgan fingerprint density at radius 3 is 2.74 bits per heavy atom. The summed E-state index contributed by atoms with van der Waals surface area (Å²) in [7, 11) is 3.52. The van der Waals surface area contributed by atoms with Gasteiger partial charge in [-0.2, -0.15) is 0 Å². The normalized spacial score (nSPS) is 14.4. The van der Waals surface area contributed by atoms with E-state index in [4.69, 9.17) is 16.3 Å². The van der Waals surface area contributed by atoms with Gasteiger partial charge in [0.25, 0.3) is 0 Å². The van der Waals surface area contributed by atoms with Crippen LogP contribution < -0.4 is 5.32 Å². The van der Waals surface area contributed by atoms with Crippen LogP contribution in [0.2, 0.25) is 0 Å². The van der Waals surface area contributed by atoms with Crippen molar-refractivity contribution in [2.45, 2.75) is 32.6 Å². The number of aromatic nitrogens is 1. The molecule has 1 aromatic rings. The highest BCUT2D eigenvalue weighted by atomic mass is 35.5. The highest BCUT2D eigenvalue weighted by Gasteiger charge is 2.17. The number of hydrogen-bond donors (Lipinski definition) is 2. The molecule has 5 nitrogen and oxygen atoms in total. The van der Waals surface area contributed by atoms with Crippen LogP contribution in [0.1, 0.15) is 43.7 Å². The summed E-state index contributed by atoms with van der Waals surface area (Å²) in [4.78, 5) is 11.7. The number of rotatable bonds is 14. The minimum atomic E-state index is 0.194. The fourth-order valence-electron chi connectivity index (χ4n) is 3.08. The number of aromatic amines is 1. The summed E-state index contributed by atoms with van der Waals surface area (Å²) in [6.07, 6.45) is 17.6. The maximum atomic E-state index is 5.88. The number of H-pyrrole nitrogens is 1. The molecule has 1 unspecified atom stereocenters. The third kappa shape index (κ3) is 9.37. The molecule has 0 bridgehead atoms. The second kappa shape index (κ2) is 15.2. The van der Waals surface area contributed by atoms with E-state index in [2.05, 4.69) is 45.7 Å². The van der Waals surface area contributed by atoms with Gasteiger partial charge in [0.15, 0.2) is 0 Å². The molecule has 2 N–H and O–H groups in total. The zero-order valence-electron chi connectivity index (χ0n) is 19.1. The molecule has 0 saturated heterocycles. The molecule has 0 radical (unpaired) electrons. The van der Waals surface area contributed by atoms with Gasteiger partial charge in [-0.25, -0.2) is 4.99 Å². The van der Waals surface area contributed by atoms with Crippen molar-refractivity contribution < 1.29 is 4.74 Å². The smallest absolute Gasteiger partial charge is 0.136 e. The van der Waals surface area contributed by atoms with Crippen molar-refractivity contribution in [1.82, 2.24) is 10.3 Å². The Hall–Kier alpha value is -2.63. The molecule has 0 aliphatic heterocycles. The van der Waals surface area contributed by atoms with Crippen LogP contribution in [0, 0.1) is 0 Å². The number of aliphatic imine (C=N–C) groups is 2. The monoisotopic (exact) mass is 442 g/mol. The SMILES string of the molecule is C=CC(=CC/C=C(\C)Cl)NCC(/C=C\CC(COC)c1c[nH]c(N=C)c1/C=C\C)=NC. The number of ether oxygens (including phenoxy) is 1. The topological polar surface area (TPSA) is 61.8 Å². The lowest BCUT2D eigenvalue weighted by Gasteiger charge is -2.14. The third-order valence-electron chi connectivity index (χ3n) is 4.68. The summed E-state index contributed by atoms with van der Waals surface area (Å²) in [5.41, 5.74) is 4.12. The Balaban J connectivity index is 2.83. The molecule has 1 rings (SSSR count). The van der Waals surface area contributed by atoms with E-state index in [-0.39, 0.29) is 5.92 Å². The van der Waals surface area contributed by atoms with Crippen molar-refractivity contribution in [3.8, 4) is 0 Å². The first-order chi connectivity index (χ1) is 15.0. The molecular formula is C25H35ClN4O. The van der Waals surface area contributed by atoms with Crippen LogP contribution >= 0.6 is 11.6 Å². The highest BCUT2D eigenvalue weighted by molar-refractivity contribution is 6.29. The van der Waals surface area contributed by atoms with Crippen LogP contribution in [0.5, 0.6) is 0 Å². The maximum absolute atomic E-state index is 5.88. The lowest BCUT2D eigenvalue weighted by atomic mass is 9.94. The van der Waals surface area contributed by atoms with Crippen LogP contribution in [0.25, 0.3) is 6.08 Å². The second-order valence-electron chi connectivity index (χ2n) is 6.91. The third-order valence-corrected chi connectivity index (χ3v) is 4.83. The number of methoxy groups -OCH3 is 1. The fourth-order valence-corrected chi connectivity index (χ4v) is 3.17.